The highest BCUT2D eigenvalue weighted by molar-refractivity contribution is 5.76. The minimum absolute atomic E-state index is 0.0486. The lowest BCUT2D eigenvalue weighted by atomic mass is 9.68. The first-order valence-corrected chi connectivity index (χ1v) is 13.1. The molecular weight excluding hydrogens is 400 g/mol. The fourth-order valence-electron chi connectivity index (χ4n) is 5.25. The third kappa shape index (κ3) is 6.50. The summed E-state index contributed by atoms with van der Waals surface area (Å²) in [5.74, 6) is 0.309. The van der Waals surface area contributed by atoms with Gasteiger partial charge in [-0.3, -0.25) is 4.79 Å². The van der Waals surface area contributed by atoms with Crippen LogP contribution in [0.4, 0.5) is 0 Å². The molecule has 1 saturated carbocycles. The van der Waals surface area contributed by atoms with E-state index in [2.05, 4.69) is 76.2 Å². The van der Waals surface area contributed by atoms with Crippen LogP contribution in [0, 0.1) is 34.0 Å². The Morgan fingerprint density at radius 3 is 2.03 bits per heavy atom. The summed E-state index contributed by atoms with van der Waals surface area (Å²) < 4.78 is 19.0. The molecule has 4 heteroatoms. The predicted octanol–water partition coefficient (Wildman–Crippen LogP) is 7.64. The summed E-state index contributed by atoms with van der Waals surface area (Å²) in [6.07, 6.45) is 4.06. The zero-order valence-corrected chi connectivity index (χ0v) is 23.6. The van der Waals surface area contributed by atoms with Crippen molar-refractivity contribution in [2.75, 3.05) is 6.61 Å². The second kappa shape index (κ2) is 10.8. The van der Waals surface area contributed by atoms with Crippen molar-refractivity contribution >= 4 is 5.97 Å². The zero-order chi connectivity index (χ0) is 25.1. The Balaban J connectivity index is 0.00000249. The number of hydrogen-bond acceptors (Lipinski definition) is 4. The van der Waals surface area contributed by atoms with E-state index in [-0.39, 0.29) is 34.9 Å². The molecule has 0 N–H and O–H groups in total. The lowest BCUT2D eigenvalue weighted by molar-refractivity contribution is -0.226. The van der Waals surface area contributed by atoms with Crippen LogP contribution >= 0.6 is 0 Å². The molecular formula is C28H54O4. The van der Waals surface area contributed by atoms with Gasteiger partial charge < -0.3 is 14.2 Å². The van der Waals surface area contributed by atoms with Crippen LogP contribution in [-0.2, 0) is 19.0 Å². The summed E-state index contributed by atoms with van der Waals surface area (Å²) in [6, 6.07) is 0. The van der Waals surface area contributed by atoms with Gasteiger partial charge in [0.25, 0.3) is 0 Å². The Kier molecular flexibility index (Phi) is 9.89. The van der Waals surface area contributed by atoms with Crippen molar-refractivity contribution in [2.24, 2.45) is 34.0 Å². The van der Waals surface area contributed by atoms with Gasteiger partial charge in [0, 0.05) is 5.41 Å². The number of esters is 1. The number of ether oxygens (including phenoxy) is 3. The van der Waals surface area contributed by atoms with Crippen LogP contribution in [0.25, 0.3) is 0 Å². The summed E-state index contributed by atoms with van der Waals surface area (Å²) in [7, 11) is 0. The van der Waals surface area contributed by atoms with E-state index in [1.54, 1.807) is 0 Å². The zero-order valence-electron chi connectivity index (χ0n) is 23.6. The first kappa shape index (κ1) is 29.4. The summed E-state index contributed by atoms with van der Waals surface area (Å²) in [5.41, 5.74) is -0.472. The molecule has 1 saturated heterocycles. The molecule has 0 radical (unpaired) electrons. The van der Waals surface area contributed by atoms with E-state index in [0.29, 0.717) is 18.4 Å². The van der Waals surface area contributed by atoms with Gasteiger partial charge in [-0.1, -0.05) is 82.6 Å². The second-order valence-electron chi connectivity index (χ2n) is 12.8. The Hall–Kier alpha value is -0.610. The lowest BCUT2D eigenvalue weighted by Crippen LogP contribution is -2.44. The number of carbonyl (C=O) groups is 1. The first-order chi connectivity index (χ1) is 14.5. The van der Waals surface area contributed by atoms with Crippen LogP contribution in [0.2, 0.25) is 0 Å². The molecule has 6 unspecified atom stereocenters. The van der Waals surface area contributed by atoms with Gasteiger partial charge >= 0.3 is 5.97 Å². The molecule has 0 spiro atoms. The molecule has 0 amide bonds. The third-order valence-corrected chi connectivity index (χ3v) is 7.85. The topological polar surface area (TPSA) is 44.8 Å². The normalized spacial score (nSPS) is 32.6. The van der Waals surface area contributed by atoms with Crippen molar-refractivity contribution < 1.29 is 19.0 Å². The van der Waals surface area contributed by atoms with Crippen molar-refractivity contribution in [1.29, 1.82) is 0 Å². The smallest absolute Gasteiger partial charge is 0.312 e. The largest absolute Gasteiger partial charge is 0.465 e. The quantitative estimate of drug-likeness (QED) is 0.387. The maximum Gasteiger partial charge on any atom is 0.312 e. The standard InChI is InChI=1S/C26H48O4.C2H6/c1-12-19-18(13-14-20-21(19)30-26(11,29-20)24(7,8)9)15-28-22(27)25(10,17(2)3)16-23(4,5)6;1-2/h17-21H,12-16H2,1-11H3;1-2H3. The summed E-state index contributed by atoms with van der Waals surface area (Å²) in [5, 5.41) is 0. The molecule has 4 nitrogen and oxygen atoms in total. The van der Waals surface area contributed by atoms with E-state index in [1.165, 1.54) is 0 Å². The highest BCUT2D eigenvalue weighted by Crippen LogP contribution is 2.49. The van der Waals surface area contributed by atoms with Crippen LogP contribution < -0.4 is 0 Å². The second-order valence-corrected chi connectivity index (χ2v) is 12.8. The molecule has 1 heterocycles. The molecule has 2 aliphatic rings. The van der Waals surface area contributed by atoms with E-state index >= 15 is 0 Å². The maximum atomic E-state index is 13.2. The molecule has 1 aliphatic heterocycles. The summed E-state index contributed by atoms with van der Waals surface area (Å²) in [6.45, 7) is 28.2. The van der Waals surface area contributed by atoms with Gasteiger partial charge in [-0.2, -0.15) is 0 Å². The van der Waals surface area contributed by atoms with Gasteiger partial charge in [0.2, 0.25) is 0 Å². The summed E-state index contributed by atoms with van der Waals surface area (Å²) >= 11 is 0. The SMILES string of the molecule is CC.CCC1C(COC(=O)C(C)(CC(C)(C)C)C(C)C)CCC2OC(C)(C(C)(C)C)OC21. The van der Waals surface area contributed by atoms with Gasteiger partial charge in [0.05, 0.1) is 24.2 Å². The van der Waals surface area contributed by atoms with Crippen LogP contribution in [-0.4, -0.2) is 30.6 Å². The fourth-order valence-corrected chi connectivity index (χ4v) is 5.25. The molecule has 2 rings (SSSR count). The lowest BCUT2D eigenvalue weighted by Gasteiger charge is -2.40. The molecule has 0 aromatic heterocycles. The molecule has 6 atom stereocenters. The van der Waals surface area contributed by atoms with Gasteiger partial charge in [-0.05, 0) is 56.3 Å². The average molecular weight is 455 g/mol. The molecule has 0 aromatic carbocycles. The van der Waals surface area contributed by atoms with E-state index in [4.69, 9.17) is 14.2 Å². The van der Waals surface area contributed by atoms with E-state index in [9.17, 15) is 4.79 Å². The van der Waals surface area contributed by atoms with E-state index < -0.39 is 11.2 Å². The number of carbonyl (C=O) groups excluding carboxylic acids is 1. The van der Waals surface area contributed by atoms with Gasteiger partial charge in [0.15, 0.2) is 5.79 Å². The fraction of sp³-hybridized carbons (Fsp3) is 0.964. The molecule has 2 fully saturated rings. The Bertz CT molecular complexity index is 600. The highest BCUT2D eigenvalue weighted by atomic mass is 16.8. The van der Waals surface area contributed by atoms with Crippen molar-refractivity contribution in [3.63, 3.8) is 0 Å². The average Bonchev–Trinajstić information content (AvgIpc) is 3.03. The monoisotopic (exact) mass is 454 g/mol. The van der Waals surface area contributed by atoms with Crippen molar-refractivity contribution in [1.82, 2.24) is 0 Å². The first-order valence-electron chi connectivity index (χ1n) is 13.1. The van der Waals surface area contributed by atoms with Crippen molar-refractivity contribution in [3.8, 4) is 0 Å². The van der Waals surface area contributed by atoms with Crippen LogP contribution in [0.1, 0.15) is 116 Å². The Morgan fingerprint density at radius 2 is 1.59 bits per heavy atom. The molecule has 1 aliphatic carbocycles. The minimum atomic E-state index is -0.565. The molecule has 190 valence electrons. The predicted molar refractivity (Wildman–Crippen MR) is 133 cm³/mol. The van der Waals surface area contributed by atoms with Crippen LogP contribution in [0.5, 0.6) is 0 Å². The molecule has 32 heavy (non-hydrogen) atoms. The van der Waals surface area contributed by atoms with Gasteiger partial charge in [-0.15, -0.1) is 0 Å². The summed E-state index contributed by atoms with van der Waals surface area (Å²) in [4.78, 5) is 13.2. The van der Waals surface area contributed by atoms with E-state index in [0.717, 1.165) is 25.7 Å². The Morgan fingerprint density at radius 1 is 1.03 bits per heavy atom. The molecule has 0 bridgehead atoms. The maximum absolute atomic E-state index is 13.2. The number of hydrogen-bond donors (Lipinski definition) is 0. The Labute approximate surface area is 199 Å². The van der Waals surface area contributed by atoms with Gasteiger partial charge in [-0.25, -0.2) is 0 Å². The number of fused-ring (bicyclic) bond motifs is 1. The number of rotatable bonds is 6. The highest BCUT2D eigenvalue weighted by Gasteiger charge is 2.55. The van der Waals surface area contributed by atoms with Crippen LogP contribution in [0.15, 0.2) is 0 Å². The van der Waals surface area contributed by atoms with E-state index in [1.807, 2.05) is 13.8 Å². The molecule has 0 aromatic rings. The van der Waals surface area contributed by atoms with Crippen molar-refractivity contribution in [2.45, 2.75) is 134 Å². The minimum Gasteiger partial charge on any atom is -0.465 e. The van der Waals surface area contributed by atoms with Crippen LogP contribution in [0.3, 0.4) is 0 Å². The third-order valence-electron chi connectivity index (χ3n) is 7.85. The van der Waals surface area contributed by atoms with Gasteiger partial charge in [0.1, 0.15) is 0 Å². The van der Waals surface area contributed by atoms with Crippen molar-refractivity contribution in [3.05, 3.63) is 0 Å².